The van der Waals surface area contributed by atoms with Gasteiger partial charge in [0.2, 0.25) is 0 Å². The molecule has 0 radical (unpaired) electrons. The van der Waals surface area contributed by atoms with E-state index in [1.165, 1.54) is 0 Å². The summed E-state index contributed by atoms with van der Waals surface area (Å²) in [6, 6.07) is 14.9. The number of fused-ring (bicyclic) bond motifs is 1. The zero-order valence-electron chi connectivity index (χ0n) is 13.2. The summed E-state index contributed by atoms with van der Waals surface area (Å²) >= 11 is 0. The summed E-state index contributed by atoms with van der Waals surface area (Å²) in [6.07, 6.45) is 1.58. The lowest BCUT2D eigenvalue weighted by Gasteiger charge is -2.11. The number of hydrogen-bond donors (Lipinski definition) is 1. The van der Waals surface area contributed by atoms with Crippen LogP contribution >= 0.6 is 0 Å². The number of benzene rings is 2. The van der Waals surface area contributed by atoms with E-state index in [-0.39, 0.29) is 18.9 Å². The van der Waals surface area contributed by atoms with Crippen LogP contribution in [0.1, 0.15) is 23.0 Å². The van der Waals surface area contributed by atoms with Crippen molar-refractivity contribution in [1.82, 2.24) is 4.98 Å². The molecule has 1 heterocycles. The highest BCUT2D eigenvalue weighted by atomic mass is 16.5. The van der Waals surface area contributed by atoms with E-state index in [0.29, 0.717) is 11.3 Å². The molecule has 1 aromatic heterocycles. The maximum Gasteiger partial charge on any atom is 0.357 e. The zero-order valence-corrected chi connectivity index (χ0v) is 13.2. The molecule has 122 valence electrons. The number of pyridine rings is 1. The Morgan fingerprint density at radius 2 is 1.92 bits per heavy atom. The maximum atomic E-state index is 12.0. The van der Waals surface area contributed by atoms with Gasteiger partial charge in [-0.15, -0.1) is 0 Å². The monoisotopic (exact) mass is 323 g/mol. The third-order valence-electron chi connectivity index (χ3n) is 3.57. The predicted molar refractivity (Wildman–Crippen MR) is 90.1 cm³/mol. The molecule has 0 fully saturated rings. The minimum Gasteiger partial charge on any atom is -0.461 e. The van der Waals surface area contributed by atoms with Gasteiger partial charge in [-0.25, -0.2) is 9.78 Å². The summed E-state index contributed by atoms with van der Waals surface area (Å²) < 4.78 is 10.8. The number of carbonyl (C=O) groups excluding carboxylic acids is 1. The minimum absolute atomic E-state index is 0.142. The Hall–Kier alpha value is -2.92. The van der Waals surface area contributed by atoms with Crippen LogP contribution in [0.2, 0.25) is 0 Å². The lowest BCUT2D eigenvalue weighted by Crippen LogP contribution is -2.11. The second-order valence-corrected chi connectivity index (χ2v) is 5.13. The van der Waals surface area contributed by atoms with E-state index in [0.717, 1.165) is 16.5 Å². The Morgan fingerprint density at radius 1 is 1.12 bits per heavy atom. The van der Waals surface area contributed by atoms with Crippen LogP contribution in [0.4, 0.5) is 0 Å². The van der Waals surface area contributed by atoms with Crippen molar-refractivity contribution in [2.24, 2.45) is 0 Å². The van der Waals surface area contributed by atoms with Gasteiger partial charge >= 0.3 is 5.97 Å². The van der Waals surface area contributed by atoms with Gasteiger partial charge in [-0.2, -0.15) is 0 Å². The molecule has 0 amide bonds. The Labute approximate surface area is 139 Å². The van der Waals surface area contributed by atoms with E-state index in [9.17, 15) is 9.90 Å². The number of aliphatic hydroxyl groups excluding tert-OH is 1. The fraction of sp³-hybridized carbons (Fsp3) is 0.158. The van der Waals surface area contributed by atoms with Gasteiger partial charge in [0.1, 0.15) is 11.5 Å². The van der Waals surface area contributed by atoms with E-state index >= 15 is 0 Å². The molecule has 0 bridgehead atoms. The molecule has 0 aliphatic rings. The number of hydrogen-bond acceptors (Lipinski definition) is 5. The second kappa shape index (κ2) is 7.10. The normalized spacial score (nSPS) is 10.6. The van der Waals surface area contributed by atoms with E-state index in [1.54, 1.807) is 19.2 Å². The average Bonchev–Trinajstić information content (AvgIpc) is 2.61. The fourth-order valence-electron chi connectivity index (χ4n) is 2.49. The van der Waals surface area contributed by atoms with Crippen molar-refractivity contribution in [3.05, 3.63) is 66.0 Å². The van der Waals surface area contributed by atoms with Crippen molar-refractivity contribution in [2.75, 3.05) is 6.61 Å². The maximum absolute atomic E-state index is 12.0. The quantitative estimate of drug-likeness (QED) is 0.725. The van der Waals surface area contributed by atoms with Gasteiger partial charge in [-0.1, -0.05) is 24.3 Å². The number of para-hydroxylation sites is 1. The van der Waals surface area contributed by atoms with Gasteiger partial charge in [0, 0.05) is 17.1 Å². The number of ether oxygens (including phenoxy) is 2. The molecule has 2 aromatic carbocycles. The number of aromatic nitrogens is 1. The molecule has 0 aliphatic heterocycles. The first-order valence-electron chi connectivity index (χ1n) is 7.65. The molecule has 0 unspecified atom stereocenters. The highest BCUT2D eigenvalue weighted by Gasteiger charge is 2.17. The van der Waals surface area contributed by atoms with Crippen LogP contribution in [0.15, 0.2) is 54.7 Å². The number of aliphatic hydroxyl groups is 1. The van der Waals surface area contributed by atoms with Crippen LogP contribution in [-0.4, -0.2) is 22.7 Å². The van der Waals surface area contributed by atoms with Crippen LogP contribution in [-0.2, 0) is 11.3 Å². The first-order chi connectivity index (χ1) is 11.7. The van der Waals surface area contributed by atoms with E-state index in [4.69, 9.17) is 9.47 Å². The number of rotatable bonds is 5. The third kappa shape index (κ3) is 3.21. The molecule has 0 atom stereocenters. The lowest BCUT2D eigenvalue weighted by atomic mass is 10.0. The molecule has 0 spiro atoms. The summed E-state index contributed by atoms with van der Waals surface area (Å²) in [5.41, 5.74) is 0.598. The van der Waals surface area contributed by atoms with Gasteiger partial charge < -0.3 is 14.6 Å². The van der Waals surface area contributed by atoms with Crippen molar-refractivity contribution < 1.29 is 19.4 Å². The van der Waals surface area contributed by atoms with Gasteiger partial charge in [0.15, 0.2) is 5.69 Å². The van der Waals surface area contributed by atoms with Gasteiger partial charge in [0.05, 0.1) is 13.2 Å². The van der Waals surface area contributed by atoms with Crippen LogP contribution in [0.25, 0.3) is 10.8 Å². The largest absolute Gasteiger partial charge is 0.461 e. The third-order valence-corrected chi connectivity index (χ3v) is 3.57. The molecule has 1 N–H and O–H groups in total. The number of carbonyl (C=O) groups is 1. The topological polar surface area (TPSA) is 68.7 Å². The Kier molecular flexibility index (Phi) is 4.72. The smallest absolute Gasteiger partial charge is 0.357 e. The second-order valence-electron chi connectivity index (χ2n) is 5.13. The summed E-state index contributed by atoms with van der Waals surface area (Å²) in [7, 11) is 0. The van der Waals surface area contributed by atoms with E-state index < -0.39 is 5.97 Å². The van der Waals surface area contributed by atoms with Crippen molar-refractivity contribution in [1.29, 1.82) is 0 Å². The summed E-state index contributed by atoms with van der Waals surface area (Å²) in [5, 5.41) is 11.2. The van der Waals surface area contributed by atoms with Gasteiger partial charge in [0.25, 0.3) is 0 Å². The molecule has 5 nitrogen and oxygen atoms in total. The molecule has 5 heteroatoms. The fourth-order valence-corrected chi connectivity index (χ4v) is 2.49. The molecule has 3 rings (SSSR count). The summed E-state index contributed by atoms with van der Waals surface area (Å²) in [6.45, 7) is 1.69. The molecule has 24 heavy (non-hydrogen) atoms. The highest BCUT2D eigenvalue weighted by molar-refractivity contribution is 5.96. The van der Waals surface area contributed by atoms with E-state index in [1.807, 2.05) is 42.5 Å². The average molecular weight is 323 g/mol. The molecule has 0 saturated heterocycles. The Morgan fingerprint density at radius 3 is 2.62 bits per heavy atom. The minimum atomic E-state index is -0.534. The van der Waals surface area contributed by atoms with Crippen LogP contribution in [0.5, 0.6) is 11.5 Å². The summed E-state index contributed by atoms with van der Waals surface area (Å²) in [4.78, 5) is 16.1. The standard InChI is InChI=1S/C19H17NO4/c1-2-23-19(22)18-17(12-21)16-9-8-15(10-13(16)11-20-18)24-14-6-4-3-5-7-14/h3-11,21H,2,12H2,1H3. The van der Waals surface area contributed by atoms with Crippen LogP contribution in [0, 0.1) is 0 Å². The van der Waals surface area contributed by atoms with Crippen molar-refractivity contribution >= 4 is 16.7 Å². The lowest BCUT2D eigenvalue weighted by molar-refractivity contribution is 0.0516. The Bertz CT molecular complexity index is 862. The first-order valence-corrected chi connectivity index (χ1v) is 7.65. The highest BCUT2D eigenvalue weighted by Crippen LogP contribution is 2.28. The van der Waals surface area contributed by atoms with Gasteiger partial charge in [-0.05, 0) is 36.6 Å². The zero-order chi connectivity index (χ0) is 16.9. The molecular formula is C19H17NO4. The molecular weight excluding hydrogens is 306 g/mol. The van der Waals surface area contributed by atoms with Crippen LogP contribution < -0.4 is 4.74 Å². The molecule has 0 saturated carbocycles. The molecule has 0 aliphatic carbocycles. The first kappa shape index (κ1) is 16.0. The summed E-state index contributed by atoms with van der Waals surface area (Å²) in [5.74, 6) is 0.853. The number of nitrogens with zero attached hydrogens (tertiary/aromatic N) is 1. The van der Waals surface area contributed by atoms with Crippen molar-refractivity contribution in [3.8, 4) is 11.5 Å². The Balaban J connectivity index is 1.99. The predicted octanol–water partition coefficient (Wildman–Crippen LogP) is 3.70. The van der Waals surface area contributed by atoms with Crippen molar-refractivity contribution in [3.63, 3.8) is 0 Å². The molecule has 3 aromatic rings. The van der Waals surface area contributed by atoms with Gasteiger partial charge in [-0.3, -0.25) is 0 Å². The van der Waals surface area contributed by atoms with Crippen molar-refractivity contribution in [2.45, 2.75) is 13.5 Å². The number of esters is 1. The van der Waals surface area contributed by atoms with Crippen LogP contribution in [0.3, 0.4) is 0 Å². The van der Waals surface area contributed by atoms with E-state index in [2.05, 4.69) is 4.98 Å². The SMILES string of the molecule is CCOC(=O)c1ncc2cc(Oc3ccccc3)ccc2c1CO.